The fourth-order valence-electron chi connectivity index (χ4n) is 2.17. The smallest absolute Gasteiger partial charge is 0.151 e. The van der Waals surface area contributed by atoms with Crippen LogP contribution in [-0.4, -0.2) is 29.8 Å². The van der Waals surface area contributed by atoms with E-state index in [2.05, 4.69) is 39.5 Å². The van der Waals surface area contributed by atoms with E-state index in [1.165, 1.54) is 25.7 Å². The first kappa shape index (κ1) is 12.3. The summed E-state index contributed by atoms with van der Waals surface area (Å²) in [7, 11) is 0. The number of nitrogens with zero attached hydrogens (tertiary/aromatic N) is 3. The summed E-state index contributed by atoms with van der Waals surface area (Å²) in [6, 6.07) is 4.18. The molecule has 0 amide bonds. The second-order valence-corrected chi connectivity index (χ2v) is 4.56. The number of aromatic nitrogens is 2. The fourth-order valence-corrected chi connectivity index (χ4v) is 2.17. The summed E-state index contributed by atoms with van der Waals surface area (Å²) in [6.07, 6.45) is 5.26. The van der Waals surface area contributed by atoms with E-state index >= 15 is 0 Å². The molecular weight excluding hydrogens is 212 g/mol. The van der Waals surface area contributed by atoms with E-state index in [1.54, 1.807) is 0 Å². The van der Waals surface area contributed by atoms with Gasteiger partial charge in [-0.1, -0.05) is 19.8 Å². The molecule has 0 atom stereocenters. The number of hydrogen-bond donors (Lipinski definition) is 1. The van der Waals surface area contributed by atoms with Gasteiger partial charge in [0.25, 0.3) is 0 Å². The molecule has 0 bridgehead atoms. The zero-order valence-electron chi connectivity index (χ0n) is 10.7. The van der Waals surface area contributed by atoms with Crippen molar-refractivity contribution >= 4 is 5.82 Å². The molecule has 2 heterocycles. The lowest BCUT2D eigenvalue weighted by Crippen LogP contribution is -2.25. The topological polar surface area (TPSA) is 41.0 Å². The molecule has 0 aliphatic carbocycles. The van der Waals surface area contributed by atoms with E-state index in [-0.39, 0.29) is 0 Å². The van der Waals surface area contributed by atoms with Gasteiger partial charge in [-0.3, -0.25) is 0 Å². The van der Waals surface area contributed by atoms with Gasteiger partial charge in [0.2, 0.25) is 0 Å². The molecule has 0 aromatic carbocycles. The van der Waals surface area contributed by atoms with Crippen LogP contribution in [0.2, 0.25) is 0 Å². The Morgan fingerprint density at radius 1 is 1.12 bits per heavy atom. The quantitative estimate of drug-likeness (QED) is 0.864. The lowest BCUT2D eigenvalue weighted by Gasteiger charge is -2.20. The molecule has 94 valence electrons. The molecule has 1 aromatic heterocycles. The van der Waals surface area contributed by atoms with Gasteiger partial charge < -0.3 is 10.2 Å². The largest absolute Gasteiger partial charge is 0.355 e. The predicted octanol–water partition coefficient (Wildman–Crippen LogP) is 1.97. The maximum Gasteiger partial charge on any atom is 0.151 e. The third-order valence-electron chi connectivity index (χ3n) is 3.19. The van der Waals surface area contributed by atoms with E-state index in [9.17, 15) is 0 Å². The van der Waals surface area contributed by atoms with Crippen molar-refractivity contribution in [2.45, 2.75) is 39.2 Å². The number of anilines is 1. The first-order valence-electron chi connectivity index (χ1n) is 6.68. The lowest BCUT2D eigenvalue weighted by molar-refractivity contribution is 0.692. The van der Waals surface area contributed by atoms with Crippen molar-refractivity contribution in [2.75, 3.05) is 24.5 Å². The Hall–Kier alpha value is -1.16. The van der Waals surface area contributed by atoms with Crippen molar-refractivity contribution in [3.63, 3.8) is 0 Å². The molecule has 2 rings (SSSR count). The zero-order valence-corrected chi connectivity index (χ0v) is 10.7. The molecule has 1 N–H and O–H groups in total. The Balaban J connectivity index is 1.96. The van der Waals surface area contributed by atoms with Crippen LogP contribution in [-0.2, 0) is 6.54 Å². The summed E-state index contributed by atoms with van der Waals surface area (Å²) >= 11 is 0. The molecule has 1 aromatic rings. The molecule has 0 unspecified atom stereocenters. The standard InChI is InChI=1S/C13H22N4/c1-2-14-11-12-7-8-13(16-15-12)17-9-5-3-4-6-10-17/h7-8,14H,2-6,9-11H2,1H3. The van der Waals surface area contributed by atoms with Gasteiger partial charge in [0.15, 0.2) is 5.82 Å². The molecule has 0 spiro atoms. The predicted molar refractivity (Wildman–Crippen MR) is 70.1 cm³/mol. The summed E-state index contributed by atoms with van der Waals surface area (Å²) in [5.41, 5.74) is 1.02. The van der Waals surface area contributed by atoms with Crippen LogP contribution >= 0.6 is 0 Å². The van der Waals surface area contributed by atoms with Crippen molar-refractivity contribution < 1.29 is 0 Å². The highest BCUT2D eigenvalue weighted by Crippen LogP contribution is 2.16. The SMILES string of the molecule is CCNCc1ccc(N2CCCCCC2)nn1. The summed E-state index contributed by atoms with van der Waals surface area (Å²) in [5.74, 6) is 1.03. The van der Waals surface area contributed by atoms with Crippen LogP contribution in [0.3, 0.4) is 0 Å². The highest BCUT2D eigenvalue weighted by Gasteiger charge is 2.11. The normalized spacial score (nSPS) is 16.9. The molecule has 0 radical (unpaired) electrons. The highest BCUT2D eigenvalue weighted by atomic mass is 15.3. The van der Waals surface area contributed by atoms with E-state index < -0.39 is 0 Å². The summed E-state index contributed by atoms with van der Waals surface area (Å²) < 4.78 is 0. The molecule has 1 aliphatic rings. The molecule has 0 saturated carbocycles. The van der Waals surface area contributed by atoms with Crippen LogP contribution in [0.4, 0.5) is 5.82 Å². The van der Waals surface area contributed by atoms with Gasteiger partial charge in [-0.15, -0.1) is 5.10 Å². The lowest BCUT2D eigenvalue weighted by atomic mass is 10.2. The van der Waals surface area contributed by atoms with Crippen molar-refractivity contribution in [2.24, 2.45) is 0 Å². The Labute approximate surface area is 103 Å². The first-order chi connectivity index (χ1) is 8.40. The Morgan fingerprint density at radius 3 is 2.47 bits per heavy atom. The van der Waals surface area contributed by atoms with Gasteiger partial charge in [-0.05, 0) is 31.5 Å². The molecule has 4 heteroatoms. The van der Waals surface area contributed by atoms with E-state index in [0.29, 0.717) is 0 Å². The minimum atomic E-state index is 0.809. The summed E-state index contributed by atoms with van der Waals surface area (Å²) in [5, 5.41) is 11.9. The van der Waals surface area contributed by atoms with Gasteiger partial charge in [0.1, 0.15) is 0 Å². The average Bonchev–Trinajstić information content (AvgIpc) is 2.66. The first-order valence-corrected chi connectivity index (χ1v) is 6.68. The zero-order chi connectivity index (χ0) is 11.9. The minimum Gasteiger partial charge on any atom is -0.355 e. The maximum absolute atomic E-state index is 4.33. The van der Waals surface area contributed by atoms with Gasteiger partial charge in [0, 0.05) is 19.6 Å². The van der Waals surface area contributed by atoms with Crippen LogP contribution < -0.4 is 10.2 Å². The van der Waals surface area contributed by atoms with Crippen LogP contribution in [0, 0.1) is 0 Å². The average molecular weight is 234 g/mol. The Morgan fingerprint density at radius 2 is 1.88 bits per heavy atom. The number of rotatable bonds is 4. The fraction of sp³-hybridized carbons (Fsp3) is 0.692. The van der Waals surface area contributed by atoms with Gasteiger partial charge in [0.05, 0.1) is 5.69 Å². The van der Waals surface area contributed by atoms with E-state index in [0.717, 1.165) is 37.7 Å². The number of nitrogens with one attached hydrogen (secondary N) is 1. The molecule has 4 nitrogen and oxygen atoms in total. The van der Waals surface area contributed by atoms with E-state index in [4.69, 9.17) is 0 Å². The molecule has 17 heavy (non-hydrogen) atoms. The number of hydrogen-bond acceptors (Lipinski definition) is 4. The van der Waals surface area contributed by atoms with E-state index in [1.807, 2.05) is 0 Å². The second-order valence-electron chi connectivity index (χ2n) is 4.56. The monoisotopic (exact) mass is 234 g/mol. The van der Waals surface area contributed by atoms with Crippen molar-refractivity contribution in [1.82, 2.24) is 15.5 Å². The molecule has 1 saturated heterocycles. The Kier molecular flexibility index (Phi) is 4.74. The van der Waals surface area contributed by atoms with Crippen LogP contribution in [0.25, 0.3) is 0 Å². The van der Waals surface area contributed by atoms with Crippen LogP contribution in [0.1, 0.15) is 38.3 Å². The highest BCUT2D eigenvalue weighted by molar-refractivity contribution is 5.37. The van der Waals surface area contributed by atoms with Crippen molar-refractivity contribution in [1.29, 1.82) is 0 Å². The third kappa shape index (κ3) is 3.66. The third-order valence-corrected chi connectivity index (χ3v) is 3.19. The molecule has 1 fully saturated rings. The second kappa shape index (κ2) is 6.55. The summed E-state index contributed by atoms with van der Waals surface area (Å²) in [6.45, 7) is 6.13. The van der Waals surface area contributed by atoms with Crippen LogP contribution in [0.5, 0.6) is 0 Å². The van der Waals surface area contributed by atoms with Gasteiger partial charge in [-0.25, -0.2) is 0 Å². The molecular formula is C13H22N4. The van der Waals surface area contributed by atoms with Crippen LogP contribution in [0.15, 0.2) is 12.1 Å². The summed E-state index contributed by atoms with van der Waals surface area (Å²) in [4.78, 5) is 2.36. The van der Waals surface area contributed by atoms with Gasteiger partial charge >= 0.3 is 0 Å². The maximum atomic E-state index is 4.33. The minimum absolute atomic E-state index is 0.809. The van der Waals surface area contributed by atoms with Crippen molar-refractivity contribution in [3.05, 3.63) is 17.8 Å². The van der Waals surface area contributed by atoms with Crippen molar-refractivity contribution in [3.8, 4) is 0 Å². The Bertz CT molecular complexity index is 315. The molecule has 1 aliphatic heterocycles. The van der Waals surface area contributed by atoms with Gasteiger partial charge in [-0.2, -0.15) is 5.10 Å².